The zero-order valence-corrected chi connectivity index (χ0v) is 51.0. The molecular formula is C81H68N4. The highest BCUT2D eigenvalue weighted by atomic mass is 15.0. The Morgan fingerprint density at radius 3 is 0.824 bits per heavy atom. The summed E-state index contributed by atoms with van der Waals surface area (Å²) in [6.45, 7) is 28.6. The number of rotatable bonds is 8. The van der Waals surface area contributed by atoms with Gasteiger partial charge in [0.15, 0.2) is 0 Å². The van der Waals surface area contributed by atoms with Gasteiger partial charge < -0.3 is 9.13 Å². The van der Waals surface area contributed by atoms with E-state index < -0.39 is 0 Å². The fraction of sp³-hybridized carbons (Fsp3) is 0.160. The van der Waals surface area contributed by atoms with Crippen LogP contribution in [0.25, 0.3) is 122 Å². The van der Waals surface area contributed by atoms with E-state index in [4.69, 9.17) is 0 Å². The molecule has 13 aromatic rings. The van der Waals surface area contributed by atoms with Gasteiger partial charge in [0.2, 0.25) is 0 Å². The van der Waals surface area contributed by atoms with Crippen LogP contribution in [-0.2, 0) is 0 Å². The molecule has 0 aliphatic heterocycles. The Morgan fingerprint density at radius 2 is 0.518 bits per heavy atom. The summed E-state index contributed by atoms with van der Waals surface area (Å²) in [5.74, 6) is 0. The van der Waals surface area contributed by atoms with Crippen molar-refractivity contribution in [2.75, 3.05) is 0 Å². The maximum absolute atomic E-state index is 10.9. The summed E-state index contributed by atoms with van der Waals surface area (Å²) in [6.07, 6.45) is 0. The minimum atomic E-state index is 0.575. The first-order valence-electron chi connectivity index (χ1n) is 29.6. The Labute approximate surface area is 500 Å². The van der Waals surface area contributed by atoms with Crippen LogP contribution in [0.15, 0.2) is 176 Å². The van der Waals surface area contributed by atoms with Crippen molar-refractivity contribution in [2.24, 2.45) is 0 Å². The van der Waals surface area contributed by atoms with Crippen molar-refractivity contribution in [1.82, 2.24) is 9.13 Å². The molecule has 0 N–H and O–H groups in total. The number of aromatic nitrogens is 2. The number of fused-ring (bicyclic) bond motifs is 6. The highest BCUT2D eigenvalue weighted by Gasteiger charge is 2.25. The van der Waals surface area contributed by atoms with Gasteiger partial charge in [-0.25, -0.2) is 0 Å². The lowest BCUT2D eigenvalue weighted by atomic mass is 9.91. The standard InChI is InChI=1S/C81H68N4/c1-45-28-50(6)78(51(7)29-45)61-17-24-72-68(38-61)69-39-62(79-52(8)30-46(2)31-53(79)9)18-25-73(69)84(72)76-37-59(44-83)15-22-66(76)67-23-16-60(65-21-14-58(43-82)36-49(65)5)42-77(67)85-74-26-19-63(80-54(10)32-47(3)33-55(80)11)40-70(74)71-41-64(20-27-75(71)85)81-56(12)34-48(4)35-57(81)13/h14-42H,1-13H3. The van der Waals surface area contributed by atoms with Crippen molar-refractivity contribution in [3.05, 3.63) is 259 Å². The van der Waals surface area contributed by atoms with E-state index in [1.54, 1.807) is 0 Å². The van der Waals surface area contributed by atoms with E-state index in [-0.39, 0.29) is 0 Å². The first kappa shape index (κ1) is 54.3. The van der Waals surface area contributed by atoms with Gasteiger partial charge in [0.05, 0.1) is 56.7 Å². The van der Waals surface area contributed by atoms with Crippen molar-refractivity contribution in [3.63, 3.8) is 0 Å². The van der Waals surface area contributed by atoms with E-state index in [0.717, 1.165) is 82.8 Å². The summed E-state index contributed by atoms with van der Waals surface area (Å²) in [5, 5.41) is 25.5. The lowest BCUT2D eigenvalue weighted by molar-refractivity contribution is 1.16. The summed E-state index contributed by atoms with van der Waals surface area (Å²) >= 11 is 0. The molecule has 0 saturated carbocycles. The zero-order valence-electron chi connectivity index (χ0n) is 51.0. The summed E-state index contributed by atoms with van der Waals surface area (Å²) in [4.78, 5) is 0. The first-order valence-corrected chi connectivity index (χ1v) is 29.6. The van der Waals surface area contributed by atoms with E-state index in [1.165, 1.54) is 111 Å². The topological polar surface area (TPSA) is 57.4 Å². The molecule has 0 fully saturated rings. The molecule has 11 aromatic carbocycles. The van der Waals surface area contributed by atoms with Crippen molar-refractivity contribution >= 4 is 43.6 Å². The summed E-state index contributed by atoms with van der Waals surface area (Å²) < 4.78 is 4.88. The molecular weight excluding hydrogens is 1030 g/mol. The lowest BCUT2D eigenvalue weighted by Crippen LogP contribution is -2.03. The van der Waals surface area contributed by atoms with E-state index in [1.807, 2.05) is 18.2 Å². The predicted octanol–water partition coefficient (Wildman–Crippen LogP) is 21.6. The van der Waals surface area contributed by atoms with Crippen molar-refractivity contribution in [3.8, 4) is 90.3 Å². The smallest absolute Gasteiger partial charge is 0.0992 e. The van der Waals surface area contributed by atoms with Gasteiger partial charge >= 0.3 is 0 Å². The van der Waals surface area contributed by atoms with Crippen molar-refractivity contribution in [1.29, 1.82) is 10.5 Å². The maximum atomic E-state index is 10.9. The quantitative estimate of drug-likeness (QED) is 0.152. The Hall–Kier alpha value is -10.0. The molecule has 0 radical (unpaired) electrons. The monoisotopic (exact) mass is 1100 g/mol. The highest BCUT2D eigenvalue weighted by Crippen LogP contribution is 2.47. The SMILES string of the molecule is Cc1cc(C)c(-c2ccc3c(c2)c2cc(-c4c(C)cc(C)cc4C)ccc2n3-c2cc(C#N)ccc2-c2ccc(-c3ccc(C#N)cc3C)cc2-n2c3ccc(-c4c(C)cc(C)cc4C)cc3c3cc(-c4c(C)cc(C)cc4C)ccc32)c(C)c1. The average Bonchev–Trinajstić information content (AvgIpc) is 2.18. The van der Waals surface area contributed by atoms with E-state index in [2.05, 4.69) is 269 Å². The largest absolute Gasteiger partial charge is 0.309 e. The van der Waals surface area contributed by atoms with Crippen LogP contribution >= 0.6 is 0 Å². The minimum Gasteiger partial charge on any atom is -0.309 e. The number of benzene rings is 11. The van der Waals surface area contributed by atoms with Gasteiger partial charge in [-0.05, 0) is 275 Å². The van der Waals surface area contributed by atoms with E-state index in [0.29, 0.717) is 11.1 Å². The fourth-order valence-electron chi connectivity index (χ4n) is 14.9. The third-order valence-electron chi connectivity index (χ3n) is 18.0. The van der Waals surface area contributed by atoms with Crippen LogP contribution < -0.4 is 0 Å². The van der Waals surface area contributed by atoms with Gasteiger partial charge in [-0.15, -0.1) is 0 Å². The Bertz CT molecular complexity index is 4790. The van der Waals surface area contributed by atoms with Crippen LogP contribution in [0.4, 0.5) is 0 Å². The second-order valence-electron chi connectivity index (χ2n) is 24.4. The first-order chi connectivity index (χ1) is 40.9. The molecule has 0 aliphatic carbocycles. The van der Waals surface area contributed by atoms with Crippen LogP contribution in [-0.4, -0.2) is 9.13 Å². The van der Waals surface area contributed by atoms with Crippen molar-refractivity contribution in [2.45, 2.75) is 90.0 Å². The van der Waals surface area contributed by atoms with Crippen LogP contribution in [0.5, 0.6) is 0 Å². The highest BCUT2D eigenvalue weighted by molar-refractivity contribution is 6.14. The molecule has 0 spiro atoms. The van der Waals surface area contributed by atoms with Gasteiger partial charge in [0, 0.05) is 32.7 Å². The van der Waals surface area contributed by atoms with Gasteiger partial charge in [0.25, 0.3) is 0 Å². The maximum Gasteiger partial charge on any atom is 0.0992 e. The average molecular weight is 1100 g/mol. The molecule has 0 saturated heterocycles. The molecule has 2 aromatic heterocycles. The zero-order chi connectivity index (χ0) is 59.4. The number of nitrogens with zero attached hydrogens (tertiary/aromatic N) is 4. The van der Waals surface area contributed by atoms with Gasteiger partial charge in [-0.1, -0.05) is 119 Å². The second-order valence-corrected chi connectivity index (χ2v) is 24.4. The van der Waals surface area contributed by atoms with Gasteiger partial charge in [-0.2, -0.15) is 10.5 Å². The number of hydrogen-bond donors (Lipinski definition) is 0. The molecule has 0 aliphatic rings. The minimum absolute atomic E-state index is 0.575. The third-order valence-corrected chi connectivity index (χ3v) is 18.0. The number of aryl methyl sites for hydroxylation is 13. The Morgan fingerprint density at radius 1 is 0.247 bits per heavy atom. The normalized spacial score (nSPS) is 11.6. The fourth-order valence-corrected chi connectivity index (χ4v) is 14.9. The molecule has 0 bridgehead atoms. The molecule has 4 heteroatoms. The lowest BCUT2D eigenvalue weighted by Gasteiger charge is -2.21. The summed E-state index contributed by atoms with van der Waals surface area (Å²) in [7, 11) is 0. The number of hydrogen-bond acceptors (Lipinski definition) is 2. The Kier molecular flexibility index (Phi) is 13.2. The molecule has 0 atom stereocenters. The van der Waals surface area contributed by atoms with E-state index in [9.17, 15) is 10.5 Å². The third kappa shape index (κ3) is 9.13. The number of nitriles is 2. The van der Waals surface area contributed by atoms with Gasteiger partial charge in [-0.3, -0.25) is 0 Å². The van der Waals surface area contributed by atoms with Crippen LogP contribution in [0.3, 0.4) is 0 Å². The van der Waals surface area contributed by atoms with Crippen molar-refractivity contribution < 1.29 is 0 Å². The van der Waals surface area contributed by atoms with Gasteiger partial charge in [0.1, 0.15) is 0 Å². The molecule has 4 nitrogen and oxygen atoms in total. The molecule has 85 heavy (non-hydrogen) atoms. The van der Waals surface area contributed by atoms with Crippen LogP contribution in [0.2, 0.25) is 0 Å². The molecule has 0 unspecified atom stereocenters. The molecule has 2 heterocycles. The van der Waals surface area contributed by atoms with E-state index >= 15 is 0 Å². The van der Waals surface area contributed by atoms with Crippen LogP contribution in [0.1, 0.15) is 83.5 Å². The van der Waals surface area contributed by atoms with Crippen LogP contribution in [0, 0.1) is 113 Å². The second kappa shape index (κ2) is 20.7. The molecule has 412 valence electrons. The predicted molar refractivity (Wildman–Crippen MR) is 359 cm³/mol. The molecule has 13 rings (SSSR count). The molecule has 0 amide bonds. The Balaban J connectivity index is 1.13. The summed E-state index contributed by atoms with van der Waals surface area (Å²) in [6, 6.07) is 70.3. The summed E-state index contributed by atoms with van der Waals surface area (Å²) in [5.41, 5.74) is 37.3.